The Morgan fingerprint density at radius 3 is 2.17 bits per heavy atom. The van der Waals surface area contributed by atoms with Crippen LogP contribution >= 0.6 is 23.2 Å². The number of piperazine rings is 1. The third-order valence-corrected chi connectivity index (χ3v) is 7.48. The molecule has 160 valence electrons. The Bertz CT molecular complexity index is 1050. The van der Waals surface area contributed by atoms with E-state index in [1.807, 2.05) is 0 Å². The summed E-state index contributed by atoms with van der Waals surface area (Å²) < 4.78 is 40.6. The summed E-state index contributed by atoms with van der Waals surface area (Å²) >= 11 is 12.0. The van der Waals surface area contributed by atoms with Crippen LogP contribution in [0.1, 0.15) is 10.4 Å². The van der Waals surface area contributed by atoms with Crippen molar-refractivity contribution in [1.29, 1.82) is 0 Å². The highest BCUT2D eigenvalue weighted by Gasteiger charge is 2.33. The van der Waals surface area contributed by atoms with Crippen molar-refractivity contribution in [3.05, 3.63) is 63.9 Å². The number of amides is 2. The smallest absolute Gasteiger partial charge is 0.254 e. The Morgan fingerprint density at radius 2 is 1.57 bits per heavy atom. The summed E-state index contributed by atoms with van der Waals surface area (Å²) in [6.45, 7) is 0.0510. The molecule has 0 aliphatic carbocycles. The summed E-state index contributed by atoms with van der Waals surface area (Å²) in [5.41, 5.74) is -0.155. The maximum Gasteiger partial charge on any atom is 0.254 e. The van der Waals surface area contributed by atoms with Gasteiger partial charge >= 0.3 is 0 Å². The number of hydrogen-bond acceptors (Lipinski definition) is 4. The van der Waals surface area contributed by atoms with Gasteiger partial charge in [0, 0.05) is 26.2 Å². The molecular weight excluding hydrogens is 456 g/mol. The van der Waals surface area contributed by atoms with Gasteiger partial charge in [-0.2, -0.15) is 4.31 Å². The van der Waals surface area contributed by atoms with Crippen molar-refractivity contribution in [2.75, 3.05) is 32.7 Å². The zero-order valence-electron chi connectivity index (χ0n) is 15.6. The normalized spacial score (nSPS) is 15.1. The first-order chi connectivity index (χ1) is 14.2. The molecule has 2 amide bonds. The average molecular weight is 474 g/mol. The van der Waals surface area contributed by atoms with Gasteiger partial charge in [-0.25, -0.2) is 12.8 Å². The van der Waals surface area contributed by atoms with Crippen LogP contribution in [0.25, 0.3) is 0 Å². The molecule has 1 fully saturated rings. The lowest BCUT2D eigenvalue weighted by Crippen LogP contribution is -2.52. The van der Waals surface area contributed by atoms with Crippen molar-refractivity contribution in [2.24, 2.45) is 0 Å². The first kappa shape index (κ1) is 22.5. The van der Waals surface area contributed by atoms with Crippen LogP contribution in [0.3, 0.4) is 0 Å². The SMILES string of the molecule is O=C(NCC(=O)N1CCN(S(=O)(=O)c2c(Cl)cccc2Cl)CC1)c1ccccc1F. The fraction of sp³-hybridized carbons (Fsp3) is 0.263. The van der Waals surface area contributed by atoms with Crippen molar-refractivity contribution >= 4 is 45.0 Å². The van der Waals surface area contributed by atoms with Gasteiger partial charge in [-0.15, -0.1) is 0 Å². The Morgan fingerprint density at radius 1 is 0.967 bits per heavy atom. The molecule has 1 saturated heterocycles. The molecule has 0 radical (unpaired) electrons. The lowest BCUT2D eigenvalue weighted by Gasteiger charge is -2.34. The van der Waals surface area contributed by atoms with Gasteiger partial charge in [0.05, 0.1) is 22.2 Å². The molecule has 7 nitrogen and oxygen atoms in total. The van der Waals surface area contributed by atoms with Gasteiger partial charge < -0.3 is 10.2 Å². The largest absolute Gasteiger partial charge is 0.343 e. The minimum absolute atomic E-state index is 0.0249. The fourth-order valence-electron chi connectivity index (χ4n) is 3.04. The number of carbonyl (C=O) groups is 2. The number of nitrogens with zero attached hydrogens (tertiary/aromatic N) is 2. The maximum absolute atomic E-state index is 13.6. The van der Waals surface area contributed by atoms with E-state index < -0.39 is 27.7 Å². The second-order valence-electron chi connectivity index (χ2n) is 6.50. The van der Waals surface area contributed by atoms with E-state index >= 15 is 0 Å². The summed E-state index contributed by atoms with van der Waals surface area (Å²) in [5, 5.41) is 2.43. The second-order valence-corrected chi connectivity index (χ2v) is 9.19. The summed E-state index contributed by atoms with van der Waals surface area (Å²) in [4.78, 5) is 25.7. The van der Waals surface area contributed by atoms with Gasteiger partial charge in [0.15, 0.2) is 0 Å². The number of carbonyl (C=O) groups excluding carboxylic acids is 2. The Labute approximate surface area is 183 Å². The van der Waals surface area contributed by atoms with Gasteiger partial charge in [-0.1, -0.05) is 41.4 Å². The molecule has 3 rings (SSSR count). The molecule has 1 aliphatic heterocycles. The second kappa shape index (κ2) is 9.30. The topological polar surface area (TPSA) is 86.8 Å². The van der Waals surface area contributed by atoms with Gasteiger partial charge in [-0.3, -0.25) is 9.59 Å². The summed E-state index contributed by atoms with van der Waals surface area (Å²) in [6, 6.07) is 9.89. The molecule has 1 aliphatic rings. The Balaban J connectivity index is 1.58. The molecule has 0 spiro atoms. The minimum atomic E-state index is -3.92. The van der Waals surface area contributed by atoms with Gasteiger partial charge in [0.1, 0.15) is 10.7 Å². The van der Waals surface area contributed by atoms with Crippen molar-refractivity contribution < 1.29 is 22.4 Å². The molecule has 11 heteroatoms. The zero-order valence-corrected chi connectivity index (χ0v) is 18.0. The molecule has 2 aromatic carbocycles. The molecule has 1 N–H and O–H groups in total. The van der Waals surface area contributed by atoms with E-state index in [1.54, 1.807) is 6.07 Å². The average Bonchev–Trinajstić information content (AvgIpc) is 2.72. The van der Waals surface area contributed by atoms with E-state index in [1.165, 1.54) is 39.5 Å². The number of hydrogen-bond donors (Lipinski definition) is 1. The van der Waals surface area contributed by atoms with Crippen molar-refractivity contribution in [2.45, 2.75) is 4.90 Å². The predicted molar refractivity (Wildman–Crippen MR) is 111 cm³/mol. The van der Waals surface area contributed by atoms with Crippen LogP contribution in [0, 0.1) is 5.82 Å². The molecule has 2 aromatic rings. The molecule has 0 aromatic heterocycles. The van der Waals surface area contributed by atoms with Gasteiger partial charge in [-0.05, 0) is 24.3 Å². The molecule has 1 heterocycles. The predicted octanol–water partition coefficient (Wildman–Crippen LogP) is 2.40. The summed E-state index contributed by atoms with van der Waals surface area (Å²) in [6.07, 6.45) is 0. The number of sulfonamides is 1. The highest BCUT2D eigenvalue weighted by Crippen LogP contribution is 2.31. The first-order valence-electron chi connectivity index (χ1n) is 8.96. The van der Waals surface area contributed by atoms with E-state index in [9.17, 15) is 22.4 Å². The highest BCUT2D eigenvalue weighted by molar-refractivity contribution is 7.89. The van der Waals surface area contributed by atoms with Crippen LogP contribution in [0.4, 0.5) is 4.39 Å². The van der Waals surface area contributed by atoms with E-state index in [2.05, 4.69) is 5.32 Å². The maximum atomic E-state index is 13.6. The minimum Gasteiger partial charge on any atom is -0.343 e. The lowest BCUT2D eigenvalue weighted by atomic mass is 10.2. The number of halogens is 3. The van der Waals surface area contributed by atoms with Crippen molar-refractivity contribution in [1.82, 2.24) is 14.5 Å². The molecular formula is C19H18Cl2FN3O4S. The summed E-state index contributed by atoms with van der Waals surface area (Å²) in [7, 11) is -3.92. The van der Waals surface area contributed by atoms with E-state index in [0.717, 1.165) is 6.07 Å². The van der Waals surface area contributed by atoms with Crippen LogP contribution in [0.15, 0.2) is 47.4 Å². The lowest BCUT2D eigenvalue weighted by molar-refractivity contribution is -0.131. The molecule has 30 heavy (non-hydrogen) atoms. The first-order valence-corrected chi connectivity index (χ1v) is 11.2. The number of benzene rings is 2. The van der Waals surface area contributed by atoms with Gasteiger partial charge in [0.25, 0.3) is 5.91 Å². The number of rotatable bonds is 5. The standard InChI is InChI=1S/C19H18Cl2FN3O4S/c20-14-5-3-6-15(21)18(14)30(28,29)25-10-8-24(9-11-25)17(26)12-23-19(27)13-4-1-2-7-16(13)22/h1-7H,8-12H2,(H,23,27). The summed E-state index contributed by atoms with van der Waals surface area (Å²) in [5.74, 6) is -1.77. The van der Waals surface area contributed by atoms with Crippen LogP contribution in [-0.2, 0) is 14.8 Å². The fourth-order valence-corrected chi connectivity index (χ4v) is 5.56. The zero-order chi connectivity index (χ0) is 21.9. The third-order valence-electron chi connectivity index (χ3n) is 4.63. The van der Waals surface area contributed by atoms with E-state index in [-0.39, 0.29) is 53.2 Å². The highest BCUT2D eigenvalue weighted by atomic mass is 35.5. The quantitative estimate of drug-likeness (QED) is 0.721. The van der Waals surface area contributed by atoms with E-state index in [4.69, 9.17) is 23.2 Å². The number of nitrogens with one attached hydrogen (secondary N) is 1. The Kier molecular flexibility index (Phi) is 6.97. The van der Waals surface area contributed by atoms with Crippen LogP contribution < -0.4 is 5.32 Å². The van der Waals surface area contributed by atoms with Crippen LogP contribution in [0.2, 0.25) is 10.0 Å². The van der Waals surface area contributed by atoms with Crippen molar-refractivity contribution in [3.8, 4) is 0 Å². The van der Waals surface area contributed by atoms with Crippen LogP contribution in [-0.4, -0.2) is 62.2 Å². The molecule has 0 unspecified atom stereocenters. The van der Waals surface area contributed by atoms with Crippen LogP contribution in [0.5, 0.6) is 0 Å². The third kappa shape index (κ3) is 4.75. The van der Waals surface area contributed by atoms with Crippen molar-refractivity contribution in [3.63, 3.8) is 0 Å². The monoisotopic (exact) mass is 473 g/mol. The molecule has 0 bridgehead atoms. The molecule has 0 atom stereocenters. The molecule has 0 saturated carbocycles. The van der Waals surface area contributed by atoms with E-state index in [0.29, 0.717) is 0 Å². The Hall–Kier alpha value is -2.20. The van der Waals surface area contributed by atoms with Gasteiger partial charge in [0.2, 0.25) is 15.9 Å².